The summed E-state index contributed by atoms with van der Waals surface area (Å²) in [6.45, 7) is 2.68. The van der Waals surface area contributed by atoms with Crippen molar-refractivity contribution < 1.29 is 14.4 Å². The van der Waals surface area contributed by atoms with Crippen LogP contribution in [0.3, 0.4) is 0 Å². The summed E-state index contributed by atoms with van der Waals surface area (Å²) < 4.78 is 4.88. The van der Waals surface area contributed by atoms with E-state index in [1.54, 1.807) is 0 Å². The van der Waals surface area contributed by atoms with Crippen LogP contribution in [0.5, 0.6) is 0 Å². The lowest BCUT2D eigenvalue weighted by Gasteiger charge is -2.23. The first-order valence-electron chi connectivity index (χ1n) is 4.98. The lowest BCUT2D eigenvalue weighted by atomic mass is 10.00. The molecule has 6 nitrogen and oxygen atoms in total. The molecule has 16 heavy (non-hydrogen) atoms. The number of carboxylic acid groups (broad SMARTS) is 1. The molecule has 0 fully saturated rings. The predicted molar refractivity (Wildman–Crippen MR) is 57.8 cm³/mol. The fourth-order valence-corrected chi connectivity index (χ4v) is 1.85. The van der Waals surface area contributed by atoms with Gasteiger partial charge in [0.05, 0.1) is 11.3 Å². The topological polar surface area (TPSA) is 92.6 Å². The number of nitrogen functional groups attached to an aromatic ring is 1. The van der Waals surface area contributed by atoms with Crippen molar-refractivity contribution in [2.45, 2.75) is 13.3 Å². The first-order chi connectivity index (χ1) is 7.59. The number of amides is 1. The molecule has 1 amide bonds. The number of nitrogens with two attached hydrogens (primary N) is 1. The first-order valence-corrected chi connectivity index (χ1v) is 4.98. The maximum Gasteiger partial charge on any atom is 0.407 e. The highest BCUT2D eigenvalue weighted by atomic mass is 16.5. The Morgan fingerprint density at radius 1 is 1.69 bits per heavy atom. The van der Waals surface area contributed by atoms with E-state index in [2.05, 4.69) is 5.16 Å². The molecule has 0 saturated heterocycles. The highest BCUT2D eigenvalue weighted by Gasteiger charge is 2.21. The Balaban J connectivity index is 2.22. The van der Waals surface area contributed by atoms with Gasteiger partial charge in [0, 0.05) is 13.1 Å². The molecule has 2 rings (SSSR count). The lowest BCUT2D eigenvalue weighted by Crippen LogP contribution is -2.33. The number of aromatic nitrogens is 1. The van der Waals surface area contributed by atoms with Gasteiger partial charge in [0.25, 0.3) is 0 Å². The summed E-state index contributed by atoms with van der Waals surface area (Å²) in [5, 5.41) is 12.6. The van der Waals surface area contributed by atoms with Gasteiger partial charge in [-0.1, -0.05) is 11.2 Å². The maximum atomic E-state index is 10.7. The van der Waals surface area contributed by atoms with Crippen LogP contribution in [0, 0.1) is 6.92 Å². The molecular weight excluding hydrogens is 210 g/mol. The minimum absolute atomic E-state index is 0.299. The van der Waals surface area contributed by atoms with Gasteiger partial charge in [-0.15, -0.1) is 0 Å². The average Bonchev–Trinajstić information content (AvgIpc) is 2.59. The number of hydrogen-bond donors (Lipinski definition) is 2. The van der Waals surface area contributed by atoms with Crippen LogP contribution in [0.2, 0.25) is 0 Å². The van der Waals surface area contributed by atoms with Crippen molar-refractivity contribution in [2.75, 3.05) is 18.8 Å². The molecule has 0 atom stereocenters. The van der Waals surface area contributed by atoms with Gasteiger partial charge in [0.1, 0.15) is 0 Å². The maximum absolute atomic E-state index is 10.7. The molecule has 0 aromatic carbocycles. The van der Waals surface area contributed by atoms with Gasteiger partial charge >= 0.3 is 6.09 Å². The summed E-state index contributed by atoms with van der Waals surface area (Å²) in [5.74, 6) is 0.299. The van der Waals surface area contributed by atoms with Crippen LogP contribution in [0.25, 0.3) is 5.57 Å². The standard InChI is InChI=1S/C10H13N3O3/c1-6-8(9(11)16-12-6)7-2-4-13(5-3-7)10(14)15/h2H,3-5,11H2,1H3,(H,14,15). The summed E-state index contributed by atoms with van der Waals surface area (Å²) in [7, 11) is 0. The van der Waals surface area contributed by atoms with Gasteiger partial charge in [-0.3, -0.25) is 0 Å². The smallest absolute Gasteiger partial charge is 0.407 e. The molecule has 3 N–H and O–H groups in total. The lowest BCUT2D eigenvalue weighted by molar-refractivity contribution is 0.150. The van der Waals surface area contributed by atoms with E-state index < -0.39 is 6.09 Å². The third kappa shape index (κ3) is 1.73. The van der Waals surface area contributed by atoms with Crippen LogP contribution in [0.15, 0.2) is 10.6 Å². The second-order valence-electron chi connectivity index (χ2n) is 3.72. The van der Waals surface area contributed by atoms with Crippen molar-refractivity contribution >= 4 is 17.6 Å². The van der Waals surface area contributed by atoms with Crippen molar-refractivity contribution in [3.05, 3.63) is 17.3 Å². The molecule has 0 bridgehead atoms. The van der Waals surface area contributed by atoms with Crippen LogP contribution in [-0.4, -0.2) is 34.3 Å². The molecule has 86 valence electrons. The van der Waals surface area contributed by atoms with Crippen molar-refractivity contribution in [3.63, 3.8) is 0 Å². The molecule has 2 heterocycles. The number of anilines is 1. The average molecular weight is 223 g/mol. The second-order valence-corrected chi connectivity index (χ2v) is 3.72. The Morgan fingerprint density at radius 2 is 2.44 bits per heavy atom. The summed E-state index contributed by atoms with van der Waals surface area (Å²) in [6, 6.07) is 0. The normalized spacial score (nSPS) is 16.1. The van der Waals surface area contributed by atoms with Gasteiger partial charge in [-0.25, -0.2) is 4.79 Å². The van der Waals surface area contributed by atoms with Crippen LogP contribution in [0.4, 0.5) is 10.7 Å². The van der Waals surface area contributed by atoms with Gasteiger partial charge < -0.3 is 20.3 Å². The van der Waals surface area contributed by atoms with Crippen molar-refractivity contribution in [1.29, 1.82) is 0 Å². The highest BCUT2D eigenvalue weighted by molar-refractivity contribution is 5.76. The van der Waals surface area contributed by atoms with Crippen LogP contribution < -0.4 is 5.73 Å². The van der Waals surface area contributed by atoms with E-state index in [4.69, 9.17) is 15.4 Å². The predicted octanol–water partition coefficient (Wildman–Crippen LogP) is 1.33. The fourth-order valence-electron chi connectivity index (χ4n) is 1.85. The molecular formula is C10H13N3O3. The van der Waals surface area contributed by atoms with Crippen LogP contribution in [-0.2, 0) is 0 Å². The Hall–Kier alpha value is -1.98. The van der Waals surface area contributed by atoms with Gasteiger partial charge in [-0.05, 0) is 18.9 Å². The largest absolute Gasteiger partial charge is 0.465 e. The number of aryl methyl sites for hydroxylation is 1. The zero-order valence-electron chi connectivity index (χ0n) is 8.93. The van der Waals surface area contributed by atoms with Crippen molar-refractivity contribution in [2.24, 2.45) is 0 Å². The van der Waals surface area contributed by atoms with Crippen LogP contribution >= 0.6 is 0 Å². The quantitative estimate of drug-likeness (QED) is 0.749. The fraction of sp³-hybridized carbons (Fsp3) is 0.400. The van der Waals surface area contributed by atoms with Crippen molar-refractivity contribution in [1.82, 2.24) is 10.1 Å². The Kier molecular flexibility index (Phi) is 2.55. The molecule has 0 unspecified atom stereocenters. The molecule has 0 spiro atoms. The summed E-state index contributed by atoms with van der Waals surface area (Å²) in [5.41, 5.74) is 8.23. The zero-order valence-corrected chi connectivity index (χ0v) is 8.93. The minimum Gasteiger partial charge on any atom is -0.465 e. The molecule has 1 aromatic rings. The van der Waals surface area contributed by atoms with E-state index in [-0.39, 0.29) is 0 Å². The third-order valence-corrected chi connectivity index (χ3v) is 2.69. The minimum atomic E-state index is -0.898. The number of hydrogen-bond acceptors (Lipinski definition) is 4. The summed E-state index contributed by atoms with van der Waals surface area (Å²) >= 11 is 0. The number of carbonyl (C=O) groups is 1. The molecule has 0 saturated carbocycles. The molecule has 1 aliphatic rings. The van der Waals surface area contributed by atoms with Gasteiger partial charge in [0.15, 0.2) is 0 Å². The Morgan fingerprint density at radius 3 is 2.88 bits per heavy atom. The summed E-state index contributed by atoms with van der Waals surface area (Å²) in [6.07, 6.45) is 1.59. The van der Waals surface area contributed by atoms with Gasteiger partial charge in [-0.2, -0.15) is 0 Å². The van der Waals surface area contributed by atoms with E-state index in [1.807, 2.05) is 13.0 Å². The van der Waals surface area contributed by atoms with Crippen LogP contribution in [0.1, 0.15) is 17.7 Å². The first kappa shape index (κ1) is 10.5. The van der Waals surface area contributed by atoms with E-state index in [0.29, 0.717) is 25.4 Å². The zero-order chi connectivity index (χ0) is 11.7. The van der Waals surface area contributed by atoms with E-state index in [9.17, 15) is 4.79 Å². The van der Waals surface area contributed by atoms with E-state index in [0.717, 1.165) is 16.8 Å². The SMILES string of the molecule is Cc1noc(N)c1C1=CCN(C(=O)O)CC1. The second kappa shape index (κ2) is 3.88. The van der Waals surface area contributed by atoms with E-state index in [1.165, 1.54) is 4.90 Å². The molecule has 6 heteroatoms. The molecule has 1 aromatic heterocycles. The monoisotopic (exact) mass is 223 g/mol. The third-order valence-electron chi connectivity index (χ3n) is 2.69. The molecule has 0 aliphatic carbocycles. The number of nitrogens with zero attached hydrogens (tertiary/aromatic N) is 2. The Bertz CT molecular complexity index is 431. The Labute approximate surface area is 92.3 Å². The van der Waals surface area contributed by atoms with Crippen molar-refractivity contribution in [3.8, 4) is 0 Å². The van der Waals surface area contributed by atoms with E-state index >= 15 is 0 Å². The van der Waals surface area contributed by atoms with Gasteiger partial charge in [0.2, 0.25) is 5.88 Å². The highest BCUT2D eigenvalue weighted by Crippen LogP contribution is 2.29. The summed E-state index contributed by atoms with van der Waals surface area (Å²) in [4.78, 5) is 12.1. The molecule has 1 aliphatic heterocycles. The number of rotatable bonds is 1. The molecule has 0 radical (unpaired) electrons.